The van der Waals surface area contributed by atoms with E-state index in [1.807, 2.05) is 32.1 Å². The number of allylic oxidation sites excluding steroid dienone is 6. The Bertz CT molecular complexity index is 402. The molecule has 0 N–H and O–H groups in total. The van der Waals surface area contributed by atoms with Crippen LogP contribution in [0.5, 0.6) is 0 Å². The normalized spacial score (nSPS) is 17.4. The van der Waals surface area contributed by atoms with E-state index in [4.69, 9.17) is 9.47 Å². The summed E-state index contributed by atoms with van der Waals surface area (Å²) in [4.78, 5) is 11.3. The number of carbonyl (C=O) groups excluding carboxylic acids is 1. The van der Waals surface area contributed by atoms with Crippen molar-refractivity contribution in [1.82, 2.24) is 0 Å². The highest BCUT2D eigenvalue weighted by Gasteiger charge is 2.11. The minimum Gasteiger partial charge on any atom is -0.501 e. The Hall–Kier alpha value is -1.51. The predicted molar refractivity (Wildman–Crippen MR) is 76.3 cm³/mol. The zero-order valence-electron chi connectivity index (χ0n) is 12.4. The van der Waals surface area contributed by atoms with Gasteiger partial charge in [0, 0.05) is 18.8 Å². The number of rotatable bonds is 7. The zero-order valence-corrected chi connectivity index (χ0v) is 12.4. The number of methoxy groups -OCH3 is 1. The predicted octanol–water partition coefficient (Wildman–Crippen LogP) is 4.12. The molecule has 3 nitrogen and oxygen atoms in total. The van der Waals surface area contributed by atoms with Gasteiger partial charge in [-0.25, -0.2) is 0 Å². The maximum atomic E-state index is 11.3. The molecule has 1 rings (SSSR count). The second-order valence-electron chi connectivity index (χ2n) is 4.84. The molecule has 0 heterocycles. The summed E-state index contributed by atoms with van der Waals surface area (Å²) in [6, 6.07) is 0. The van der Waals surface area contributed by atoms with Crippen LogP contribution in [0.2, 0.25) is 0 Å². The Morgan fingerprint density at radius 1 is 1.32 bits per heavy atom. The molecule has 0 saturated carbocycles. The van der Waals surface area contributed by atoms with Crippen molar-refractivity contribution in [3.05, 3.63) is 35.5 Å². The van der Waals surface area contributed by atoms with Gasteiger partial charge in [-0.1, -0.05) is 6.92 Å². The zero-order chi connectivity index (χ0) is 14.3. The van der Waals surface area contributed by atoms with E-state index in [1.54, 1.807) is 14.0 Å². The van der Waals surface area contributed by atoms with Gasteiger partial charge in [-0.2, -0.15) is 0 Å². The van der Waals surface area contributed by atoms with E-state index in [0.29, 0.717) is 0 Å². The fourth-order valence-corrected chi connectivity index (χ4v) is 2.03. The molecule has 0 radical (unpaired) electrons. The fraction of sp³-hybridized carbons (Fsp3) is 0.562. The van der Waals surface area contributed by atoms with E-state index in [9.17, 15) is 4.79 Å². The summed E-state index contributed by atoms with van der Waals surface area (Å²) in [6.45, 7) is 5.62. The first-order valence-corrected chi connectivity index (χ1v) is 6.85. The molecule has 0 unspecified atom stereocenters. The molecule has 0 bridgehead atoms. The quantitative estimate of drug-likeness (QED) is 0.649. The molecule has 106 valence electrons. The average molecular weight is 264 g/mol. The molecule has 0 spiro atoms. The maximum Gasteiger partial charge on any atom is 0.133 e. The van der Waals surface area contributed by atoms with Crippen LogP contribution in [0, 0.1) is 5.92 Å². The topological polar surface area (TPSA) is 35.5 Å². The van der Waals surface area contributed by atoms with E-state index < -0.39 is 0 Å². The standard InChI is InChI=1S/C16H24O3/c1-5-14(13(3)17)7-6-12(2)19-16-10-8-15(18-4)9-11-16/h6,8,10,14H,5,7,9,11H2,1-4H3/b12-6+/t14-/m0/s1. The first kappa shape index (κ1) is 15.5. The van der Waals surface area contributed by atoms with Crippen LogP contribution >= 0.6 is 0 Å². The molecule has 0 aromatic rings. The molecule has 0 aromatic carbocycles. The number of hydrogen-bond acceptors (Lipinski definition) is 3. The van der Waals surface area contributed by atoms with Crippen LogP contribution in [0.4, 0.5) is 0 Å². The molecule has 3 heteroatoms. The van der Waals surface area contributed by atoms with Crippen molar-refractivity contribution < 1.29 is 14.3 Å². The number of ketones is 1. The van der Waals surface area contributed by atoms with Crippen LogP contribution in [-0.4, -0.2) is 12.9 Å². The van der Waals surface area contributed by atoms with Gasteiger partial charge in [0.15, 0.2) is 0 Å². The van der Waals surface area contributed by atoms with Crippen LogP contribution in [0.3, 0.4) is 0 Å². The molecular formula is C16H24O3. The van der Waals surface area contributed by atoms with Gasteiger partial charge in [0.05, 0.1) is 18.6 Å². The van der Waals surface area contributed by atoms with Crippen LogP contribution in [0.1, 0.15) is 46.5 Å². The van der Waals surface area contributed by atoms with Gasteiger partial charge < -0.3 is 9.47 Å². The summed E-state index contributed by atoms with van der Waals surface area (Å²) in [6.07, 6.45) is 9.26. The van der Waals surface area contributed by atoms with Gasteiger partial charge in [-0.3, -0.25) is 4.79 Å². The van der Waals surface area contributed by atoms with Crippen molar-refractivity contribution in [2.75, 3.05) is 7.11 Å². The molecule has 1 atom stereocenters. The summed E-state index contributed by atoms with van der Waals surface area (Å²) < 4.78 is 10.9. The monoisotopic (exact) mass is 264 g/mol. The molecule has 0 amide bonds. The van der Waals surface area contributed by atoms with Crippen molar-refractivity contribution >= 4 is 5.78 Å². The summed E-state index contributed by atoms with van der Waals surface area (Å²) in [5.41, 5.74) is 0. The number of hydrogen-bond donors (Lipinski definition) is 0. The maximum absolute atomic E-state index is 11.3. The number of Topliss-reactive ketones (excluding diaryl/α,β-unsaturated/α-hetero) is 1. The third-order valence-electron chi connectivity index (χ3n) is 3.38. The molecule has 0 aromatic heterocycles. The van der Waals surface area contributed by atoms with E-state index in [2.05, 4.69) is 0 Å². The Morgan fingerprint density at radius 3 is 2.42 bits per heavy atom. The molecular weight excluding hydrogens is 240 g/mol. The second-order valence-corrected chi connectivity index (χ2v) is 4.84. The summed E-state index contributed by atoms with van der Waals surface area (Å²) >= 11 is 0. The molecule has 1 aliphatic carbocycles. The molecule has 1 aliphatic rings. The van der Waals surface area contributed by atoms with Crippen molar-refractivity contribution in [3.8, 4) is 0 Å². The minimum atomic E-state index is 0.110. The Labute approximate surface area is 116 Å². The van der Waals surface area contributed by atoms with E-state index in [0.717, 1.165) is 43.0 Å². The lowest BCUT2D eigenvalue weighted by Crippen LogP contribution is -2.08. The Kier molecular flexibility index (Phi) is 6.40. The van der Waals surface area contributed by atoms with Gasteiger partial charge in [0.1, 0.15) is 11.5 Å². The van der Waals surface area contributed by atoms with Gasteiger partial charge >= 0.3 is 0 Å². The highest BCUT2D eigenvalue weighted by atomic mass is 16.5. The Morgan fingerprint density at radius 2 is 1.95 bits per heavy atom. The number of carbonyl (C=O) groups is 1. The molecule has 0 fully saturated rings. The van der Waals surface area contributed by atoms with Gasteiger partial charge in [-0.15, -0.1) is 0 Å². The van der Waals surface area contributed by atoms with E-state index in [-0.39, 0.29) is 11.7 Å². The second kappa shape index (κ2) is 7.82. The van der Waals surface area contributed by atoms with Crippen molar-refractivity contribution in [2.24, 2.45) is 5.92 Å². The third-order valence-corrected chi connectivity index (χ3v) is 3.38. The first-order valence-electron chi connectivity index (χ1n) is 6.85. The first-order chi connectivity index (χ1) is 9.06. The van der Waals surface area contributed by atoms with Crippen LogP contribution in [-0.2, 0) is 14.3 Å². The highest BCUT2D eigenvalue weighted by molar-refractivity contribution is 5.78. The Balaban J connectivity index is 2.51. The third kappa shape index (κ3) is 5.33. The average Bonchev–Trinajstić information content (AvgIpc) is 2.40. The lowest BCUT2D eigenvalue weighted by Gasteiger charge is -2.15. The van der Waals surface area contributed by atoms with E-state index in [1.165, 1.54) is 0 Å². The molecule has 0 aliphatic heterocycles. The smallest absolute Gasteiger partial charge is 0.133 e. The van der Waals surface area contributed by atoms with Crippen molar-refractivity contribution in [2.45, 2.75) is 46.5 Å². The molecule has 19 heavy (non-hydrogen) atoms. The van der Waals surface area contributed by atoms with Gasteiger partial charge in [0.25, 0.3) is 0 Å². The largest absolute Gasteiger partial charge is 0.501 e. The van der Waals surface area contributed by atoms with Crippen LogP contribution in [0.15, 0.2) is 35.5 Å². The summed E-state index contributed by atoms with van der Waals surface area (Å²) in [7, 11) is 1.68. The number of ether oxygens (including phenoxy) is 2. The van der Waals surface area contributed by atoms with Crippen LogP contribution in [0.25, 0.3) is 0 Å². The fourth-order valence-electron chi connectivity index (χ4n) is 2.03. The van der Waals surface area contributed by atoms with Crippen molar-refractivity contribution in [1.29, 1.82) is 0 Å². The molecule has 0 saturated heterocycles. The summed E-state index contributed by atoms with van der Waals surface area (Å²) in [5, 5.41) is 0. The highest BCUT2D eigenvalue weighted by Crippen LogP contribution is 2.22. The van der Waals surface area contributed by atoms with Crippen molar-refractivity contribution in [3.63, 3.8) is 0 Å². The lowest BCUT2D eigenvalue weighted by atomic mass is 9.98. The van der Waals surface area contributed by atoms with Gasteiger partial charge in [0.2, 0.25) is 0 Å². The SMILES string of the molecule is CC[C@@H](C/C=C(\C)OC1=CC=C(OC)CC1)C(C)=O. The van der Waals surface area contributed by atoms with E-state index >= 15 is 0 Å². The van der Waals surface area contributed by atoms with Gasteiger partial charge in [-0.05, 0) is 44.9 Å². The lowest BCUT2D eigenvalue weighted by molar-refractivity contribution is -0.120. The summed E-state index contributed by atoms with van der Waals surface area (Å²) in [5.74, 6) is 3.15. The van der Waals surface area contributed by atoms with Crippen LogP contribution < -0.4 is 0 Å². The minimum absolute atomic E-state index is 0.110.